The van der Waals surface area contributed by atoms with Crippen LogP contribution in [-0.2, 0) is 4.84 Å². The van der Waals surface area contributed by atoms with E-state index in [9.17, 15) is 5.11 Å². The summed E-state index contributed by atoms with van der Waals surface area (Å²) < 4.78 is 0. The van der Waals surface area contributed by atoms with Gasteiger partial charge in [0.15, 0.2) is 0 Å². The fraction of sp³-hybridized carbons (Fsp3) is 0.318. The number of nitrogens with one attached hydrogen (secondary N) is 1. The average molecular weight is 350 g/mol. The first-order valence-electron chi connectivity index (χ1n) is 8.94. The van der Waals surface area contributed by atoms with Crippen LogP contribution in [0.5, 0.6) is 0 Å². The molecule has 0 heterocycles. The molecule has 136 valence electrons. The first kappa shape index (κ1) is 18.4. The monoisotopic (exact) mass is 350 g/mol. The molecule has 2 N–H and O–H groups in total. The summed E-state index contributed by atoms with van der Waals surface area (Å²) in [6.45, 7) is 6.79. The molecule has 26 heavy (non-hydrogen) atoms. The van der Waals surface area contributed by atoms with E-state index in [1.165, 1.54) is 0 Å². The van der Waals surface area contributed by atoms with Crippen LogP contribution >= 0.6 is 0 Å². The molecule has 0 bridgehead atoms. The highest BCUT2D eigenvalue weighted by atomic mass is 16.6. The fourth-order valence-corrected chi connectivity index (χ4v) is 2.81. The van der Waals surface area contributed by atoms with Gasteiger partial charge in [-0.3, -0.25) is 0 Å². The van der Waals surface area contributed by atoms with Crippen molar-refractivity contribution in [3.63, 3.8) is 0 Å². The minimum absolute atomic E-state index is 0.0439. The zero-order chi connectivity index (χ0) is 18.6. The maximum atomic E-state index is 10.1. The molecule has 3 aromatic rings. The fourth-order valence-electron chi connectivity index (χ4n) is 2.81. The van der Waals surface area contributed by atoms with Crippen LogP contribution in [0.25, 0.3) is 21.5 Å². The third kappa shape index (κ3) is 4.59. The van der Waals surface area contributed by atoms with Crippen molar-refractivity contribution in [1.29, 1.82) is 0 Å². The smallest absolute Gasteiger partial charge is 0.144 e. The Kier molecular flexibility index (Phi) is 5.55. The lowest BCUT2D eigenvalue weighted by Gasteiger charge is -2.22. The quantitative estimate of drug-likeness (QED) is 0.692. The van der Waals surface area contributed by atoms with E-state index in [1.807, 2.05) is 36.4 Å². The predicted octanol–water partition coefficient (Wildman–Crippen LogP) is 3.57. The van der Waals surface area contributed by atoms with Crippen molar-refractivity contribution in [2.24, 2.45) is 5.16 Å². The van der Waals surface area contributed by atoms with Crippen molar-refractivity contribution in [2.45, 2.75) is 32.4 Å². The molecular weight excluding hydrogens is 324 g/mol. The maximum Gasteiger partial charge on any atom is 0.144 e. The summed E-state index contributed by atoms with van der Waals surface area (Å²) in [6.07, 6.45) is -0.618. The molecule has 3 aromatic carbocycles. The summed E-state index contributed by atoms with van der Waals surface area (Å²) in [6, 6.07) is 20.4. The highest BCUT2D eigenvalue weighted by molar-refractivity contribution is 5.92. The van der Waals surface area contributed by atoms with E-state index in [1.54, 1.807) is 0 Å². The van der Waals surface area contributed by atoms with Crippen molar-refractivity contribution in [3.8, 4) is 0 Å². The highest BCUT2D eigenvalue weighted by Crippen LogP contribution is 2.15. The summed E-state index contributed by atoms with van der Waals surface area (Å²) >= 11 is 0. The van der Waals surface area contributed by atoms with E-state index in [-0.39, 0.29) is 12.1 Å². The number of benzene rings is 2. The van der Waals surface area contributed by atoms with Crippen molar-refractivity contribution < 1.29 is 9.94 Å². The summed E-state index contributed by atoms with van der Waals surface area (Å²) in [5, 5.41) is 22.8. The van der Waals surface area contributed by atoms with Crippen molar-refractivity contribution in [2.75, 3.05) is 13.2 Å². The van der Waals surface area contributed by atoms with E-state index >= 15 is 0 Å². The Labute approximate surface area is 154 Å². The molecule has 3 rings (SSSR count). The molecule has 1 atom stereocenters. The first-order valence-corrected chi connectivity index (χ1v) is 8.94. The molecule has 1 unspecified atom stereocenters. The van der Waals surface area contributed by atoms with Gasteiger partial charge in [0.25, 0.3) is 0 Å². The largest absolute Gasteiger partial charge is 0.392 e. The Morgan fingerprint density at radius 2 is 1.46 bits per heavy atom. The second-order valence-electron chi connectivity index (χ2n) is 7.53. The SMILES string of the molecule is CC(C)(C)NCC(O)CON=c1c2ccccc2ccc2ccccc12. The predicted molar refractivity (Wildman–Crippen MR) is 107 cm³/mol. The Morgan fingerprint density at radius 3 is 2.00 bits per heavy atom. The standard InChI is InChI=1S/C22H26N2O2/c1-22(2,3)23-14-18(25)15-26-24-21-19-10-6-4-8-16(19)12-13-17-9-5-7-11-20(17)21/h4-13,18,23,25H,14-15H2,1-3H3. The van der Waals surface area contributed by atoms with E-state index in [0.29, 0.717) is 6.54 Å². The maximum absolute atomic E-state index is 10.1. The topological polar surface area (TPSA) is 53.8 Å². The minimum Gasteiger partial charge on any atom is -0.392 e. The number of hydrogen-bond acceptors (Lipinski definition) is 4. The third-order valence-corrected chi connectivity index (χ3v) is 4.17. The van der Waals surface area contributed by atoms with Gasteiger partial charge in [-0.05, 0) is 31.5 Å². The van der Waals surface area contributed by atoms with Crippen LogP contribution < -0.4 is 10.7 Å². The van der Waals surface area contributed by atoms with Gasteiger partial charge in [-0.15, -0.1) is 0 Å². The number of rotatable bonds is 5. The van der Waals surface area contributed by atoms with E-state index < -0.39 is 6.10 Å². The molecule has 4 nitrogen and oxygen atoms in total. The molecule has 0 amide bonds. The van der Waals surface area contributed by atoms with E-state index in [0.717, 1.165) is 26.9 Å². The van der Waals surface area contributed by atoms with Gasteiger partial charge in [0.05, 0.1) is 0 Å². The molecule has 0 saturated heterocycles. The molecule has 0 aromatic heterocycles. The highest BCUT2D eigenvalue weighted by Gasteiger charge is 2.12. The van der Waals surface area contributed by atoms with E-state index in [4.69, 9.17) is 4.84 Å². The van der Waals surface area contributed by atoms with Crippen LogP contribution in [0, 0.1) is 0 Å². The molecule has 0 saturated carbocycles. The molecule has 0 aliphatic rings. The Bertz CT molecular complexity index is 900. The van der Waals surface area contributed by atoms with Gasteiger partial charge >= 0.3 is 0 Å². The van der Waals surface area contributed by atoms with Gasteiger partial charge in [0.1, 0.15) is 18.1 Å². The van der Waals surface area contributed by atoms with Crippen molar-refractivity contribution in [1.82, 2.24) is 5.32 Å². The zero-order valence-electron chi connectivity index (χ0n) is 15.6. The Balaban J connectivity index is 1.93. The van der Waals surface area contributed by atoms with Gasteiger partial charge < -0.3 is 15.3 Å². The van der Waals surface area contributed by atoms with Gasteiger partial charge in [-0.1, -0.05) is 65.8 Å². The summed E-state index contributed by atoms with van der Waals surface area (Å²) in [5.41, 5.74) is -0.0439. The molecule has 0 spiro atoms. The number of β-amino-alcohol motifs (C(OH)–C–C–N with tert-alkyl or cyclic N) is 1. The zero-order valence-corrected chi connectivity index (χ0v) is 15.6. The Morgan fingerprint density at radius 1 is 0.923 bits per heavy atom. The van der Waals surface area contributed by atoms with Crippen LogP contribution in [0.1, 0.15) is 20.8 Å². The second kappa shape index (κ2) is 7.85. The normalized spacial score (nSPS) is 12.9. The molecule has 4 heteroatoms. The number of aliphatic hydroxyl groups is 1. The lowest BCUT2D eigenvalue weighted by Crippen LogP contribution is -2.42. The van der Waals surface area contributed by atoms with Crippen molar-refractivity contribution >= 4 is 21.5 Å². The number of aliphatic hydroxyl groups excluding tert-OH is 1. The first-order chi connectivity index (χ1) is 12.4. The third-order valence-electron chi connectivity index (χ3n) is 4.17. The summed E-state index contributed by atoms with van der Waals surface area (Å²) in [7, 11) is 0. The lowest BCUT2D eigenvalue weighted by atomic mass is 10.1. The van der Waals surface area contributed by atoms with Gasteiger partial charge in [0, 0.05) is 22.9 Å². The Hall–Kier alpha value is -2.43. The second-order valence-corrected chi connectivity index (χ2v) is 7.53. The van der Waals surface area contributed by atoms with Crippen LogP contribution in [0.4, 0.5) is 0 Å². The molecular formula is C22H26N2O2. The number of hydrogen-bond donors (Lipinski definition) is 2. The number of nitrogens with zero attached hydrogens (tertiary/aromatic N) is 1. The van der Waals surface area contributed by atoms with E-state index in [2.05, 4.69) is 55.5 Å². The minimum atomic E-state index is -0.618. The summed E-state index contributed by atoms with van der Waals surface area (Å²) in [4.78, 5) is 5.54. The van der Waals surface area contributed by atoms with Gasteiger partial charge in [-0.25, -0.2) is 0 Å². The lowest BCUT2D eigenvalue weighted by molar-refractivity contribution is 0.0328. The number of fused-ring (bicyclic) bond motifs is 2. The molecule has 0 fully saturated rings. The average Bonchev–Trinajstić information content (AvgIpc) is 2.77. The van der Waals surface area contributed by atoms with Crippen molar-refractivity contribution in [3.05, 3.63) is 66.0 Å². The molecule has 0 aliphatic heterocycles. The van der Waals surface area contributed by atoms with Crippen LogP contribution in [0.3, 0.4) is 0 Å². The molecule has 0 aliphatic carbocycles. The summed E-state index contributed by atoms with van der Waals surface area (Å²) in [5.74, 6) is 0. The van der Waals surface area contributed by atoms with Crippen LogP contribution in [0.2, 0.25) is 0 Å². The van der Waals surface area contributed by atoms with Crippen LogP contribution in [-0.4, -0.2) is 29.9 Å². The van der Waals surface area contributed by atoms with Gasteiger partial charge in [-0.2, -0.15) is 0 Å². The van der Waals surface area contributed by atoms with Gasteiger partial charge in [0.2, 0.25) is 0 Å². The van der Waals surface area contributed by atoms with Crippen LogP contribution in [0.15, 0.2) is 65.8 Å². The molecule has 0 radical (unpaired) electrons.